The first-order chi connectivity index (χ1) is 9.59. The lowest BCUT2D eigenvalue weighted by Crippen LogP contribution is -2.12. The summed E-state index contributed by atoms with van der Waals surface area (Å²) < 4.78 is 4.55. The summed E-state index contributed by atoms with van der Waals surface area (Å²) in [6, 6.07) is 3.86. The number of rotatable bonds is 6. The maximum Gasteiger partial charge on any atom is 0.338 e. The number of aromatic nitrogens is 2. The molecule has 0 amide bonds. The maximum absolute atomic E-state index is 11.1. The van der Waals surface area contributed by atoms with Crippen molar-refractivity contribution in [2.24, 2.45) is 0 Å². The third kappa shape index (κ3) is 2.88. The Morgan fingerprint density at radius 2 is 2.30 bits per heavy atom. The highest BCUT2D eigenvalue weighted by Gasteiger charge is 2.20. The van der Waals surface area contributed by atoms with Gasteiger partial charge in [0.05, 0.1) is 10.5 Å². The van der Waals surface area contributed by atoms with Crippen molar-refractivity contribution in [1.82, 2.24) is 10.1 Å². The molecule has 0 atom stereocenters. The van der Waals surface area contributed by atoms with Crippen LogP contribution in [0.1, 0.15) is 16.2 Å². The minimum atomic E-state index is -1.24. The number of carbonyl (C=O) groups is 1. The van der Waals surface area contributed by atoms with Crippen LogP contribution in [0.15, 0.2) is 29.1 Å². The van der Waals surface area contributed by atoms with Crippen molar-refractivity contribution in [1.29, 1.82) is 0 Å². The third-order valence-corrected chi connectivity index (χ3v) is 2.53. The van der Waals surface area contributed by atoms with Crippen LogP contribution in [0.2, 0.25) is 0 Å². The first kappa shape index (κ1) is 13.5. The van der Waals surface area contributed by atoms with Crippen molar-refractivity contribution in [2.45, 2.75) is 6.42 Å². The fourth-order valence-electron chi connectivity index (χ4n) is 1.66. The fraction of sp³-hybridized carbons (Fsp3) is 0.182. The molecule has 0 radical (unpaired) electrons. The van der Waals surface area contributed by atoms with E-state index in [2.05, 4.69) is 20.0 Å². The number of anilines is 1. The second kappa shape index (κ2) is 5.78. The lowest BCUT2D eigenvalue weighted by atomic mass is 10.1. The molecule has 0 bridgehead atoms. The van der Waals surface area contributed by atoms with Gasteiger partial charge in [-0.25, -0.2) is 4.79 Å². The molecule has 9 heteroatoms. The molecule has 1 heterocycles. The molecule has 0 aliphatic heterocycles. The molecule has 0 unspecified atom stereocenters. The molecule has 2 aromatic rings. The van der Waals surface area contributed by atoms with E-state index in [-0.39, 0.29) is 23.5 Å². The monoisotopic (exact) mass is 278 g/mol. The van der Waals surface area contributed by atoms with E-state index in [1.807, 2.05) is 0 Å². The predicted octanol–water partition coefficient (Wildman–Crippen LogP) is 1.33. The van der Waals surface area contributed by atoms with Crippen LogP contribution in [-0.4, -0.2) is 32.7 Å². The summed E-state index contributed by atoms with van der Waals surface area (Å²) in [4.78, 5) is 25.2. The molecule has 0 aliphatic carbocycles. The number of benzene rings is 1. The zero-order valence-corrected chi connectivity index (χ0v) is 10.1. The van der Waals surface area contributed by atoms with Crippen LogP contribution in [-0.2, 0) is 6.42 Å². The van der Waals surface area contributed by atoms with Gasteiger partial charge in [-0.15, -0.1) is 0 Å². The molecular formula is C11H10N4O5. The van der Waals surface area contributed by atoms with Crippen LogP contribution in [0.3, 0.4) is 0 Å². The van der Waals surface area contributed by atoms with Crippen molar-refractivity contribution < 1.29 is 19.3 Å². The van der Waals surface area contributed by atoms with Crippen LogP contribution in [0.4, 0.5) is 11.4 Å². The number of nitrogens with zero attached hydrogens (tertiary/aromatic N) is 3. The highest BCUT2D eigenvalue weighted by molar-refractivity contribution is 5.96. The molecule has 1 aromatic heterocycles. The zero-order chi connectivity index (χ0) is 14.5. The quantitative estimate of drug-likeness (QED) is 0.597. The van der Waals surface area contributed by atoms with Gasteiger partial charge < -0.3 is 14.9 Å². The molecule has 104 valence electrons. The van der Waals surface area contributed by atoms with Gasteiger partial charge in [0.1, 0.15) is 5.69 Å². The molecular weight excluding hydrogens is 268 g/mol. The minimum absolute atomic E-state index is 0.0338. The molecule has 20 heavy (non-hydrogen) atoms. The lowest BCUT2D eigenvalue weighted by Gasteiger charge is -2.08. The van der Waals surface area contributed by atoms with Crippen LogP contribution in [0.5, 0.6) is 0 Å². The van der Waals surface area contributed by atoms with Crippen molar-refractivity contribution >= 4 is 17.3 Å². The van der Waals surface area contributed by atoms with Crippen LogP contribution in [0.25, 0.3) is 0 Å². The molecule has 0 fully saturated rings. The zero-order valence-electron chi connectivity index (χ0n) is 10.1. The Labute approximate surface area is 112 Å². The maximum atomic E-state index is 11.1. The number of nitro benzene ring substituents is 1. The topological polar surface area (TPSA) is 131 Å². The van der Waals surface area contributed by atoms with E-state index in [0.717, 1.165) is 0 Å². The summed E-state index contributed by atoms with van der Waals surface area (Å²) in [5.74, 6) is -0.816. The summed E-state index contributed by atoms with van der Waals surface area (Å²) in [6.45, 7) is 0.241. The van der Waals surface area contributed by atoms with Gasteiger partial charge in [0.25, 0.3) is 5.69 Å². The van der Waals surface area contributed by atoms with E-state index < -0.39 is 10.9 Å². The number of hydrogen-bond acceptors (Lipinski definition) is 7. The van der Waals surface area contributed by atoms with Crippen molar-refractivity contribution in [3.63, 3.8) is 0 Å². The number of hydrogen-bond donors (Lipinski definition) is 2. The number of para-hydroxylation sites is 1. The van der Waals surface area contributed by atoms with Gasteiger partial charge >= 0.3 is 5.97 Å². The van der Waals surface area contributed by atoms with E-state index >= 15 is 0 Å². The summed E-state index contributed by atoms with van der Waals surface area (Å²) in [7, 11) is 0. The fourth-order valence-corrected chi connectivity index (χ4v) is 1.66. The van der Waals surface area contributed by atoms with Crippen molar-refractivity contribution in [3.05, 3.63) is 46.1 Å². The third-order valence-electron chi connectivity index (χ3n) is 2.53. The van der Waals surface area contributed by atoms with E-state index in [4.69, 9.17) is 5.11 Å². The second-order valence-electron chi connectivity index (χ2n) is 3.79. The Morgan fingerprint density at radius 1 is 1.50 bits per heavy atom. The highest BCUT2D eigenvalue weighted by Crippen LogP contribution is 2.28. The number of nitro groups is 1. The van der Waals surface area contributed by atoms with Gasteiger partial charge in [0, 0.05) is 19.0 Å². The van der Waals surface area contributed by atoms with E-state index in [1.54, 1.807) is 0 Å². The average molecular weight is 278 g/mol. The first-order valence-electron chi connectivity index (χ1n) is 5.59. The predicted molar refractivity (Wildman–Crippen MR) is 66.5 cm³/mol. The normalized spacial score (nSPS) is 10.2. The number of aromatic carboxylic acids is 1. The van der Waals surface area contributed by atoms with Crippen LogP contribution < -0.4 is 5.32 Å². The van der Waals surface area contributed by atoms with Gasteiger partial charge in [-0.3, -0.25) is 10.1 Å². The van der Waals surface area contributed by atoms with Gasteiger partial charge in [-0.1, -0.05) is 11.2 Å². The molecule has 9 nitrogen and oxygen atoms in total. The van der Waals surface area contributed by atoms with E-state index in [0.29, 0.717) is 12.2 Å². The Morgan fingerprint density at radius 3 is 2.90 bits per heavy atom. The van der Waals surface area contributed by atoms with Gasteiger partial charge in [0.15, 0.2) is 5.82 Å². The summed E-state index contributed by atoms with van der Waals surface area (Å²) >= 11 is 0. The average Bonchev–Trinajstić information content (AvgIpc) is 2.91. The number of carboxylic acid groups (broad SMARTS) is 1. The molecule has 0 aliphatic rings. The Hall–Kier alpha value is -2.97. The molecule has 2 N–H and O–H groups in total. The highest BCUT2D eigenvalue weighted by atomic mass is 16.6. The summed E-state index contributed by atoms with van der Waals surface area (Å²) in [6.07, 6.45) is 1.52. The van der Waals surface area contributed by atoms with Crippen molar-refractivity contribution in [3.8, 4) is 0 Å². The molecule has 0 spiro atoms. The van der Waals surface area contributed by atoms with Crippen LogP contribution >= 0.6 is 0 Å². The van der Waals surface area contributed by atoms with Gasteiger partial charge in [0.2, 0.25) is 6.39 Å². The summed E-state index contributed by atoms with van der Waals surface area (Å²) in [5.41, 5.74) is -0.487. The standard InChI is InChI=1S/C11H10N4O5/c16-11(17)7-2-1-3-8(15(18)19)10(7)12-5-4-9-13-6-20-14-9/h1-3,6,12H,4-5H2,(H,16,17). The van der Waals surface area contributed by atoms with Crippen molar-refractivity contribution in [2.75, 3.05) is 11.9 Å². The SMILES string of the molecule is O=C(O)c1cccc([N+](=O)[O-])c1NCCc1ncon1. The van der Waals surface area contributed by atoms with Gasteiger partial charge in [-0.05, 0) is 6.07 Å². The molecule has 0 saturated heterocycles. The Kier molecular flexibility index (Phi) is 3.89. The number of nitrogens with one attached hydrogen (secondary N) is 1. The van der Waals surface area contributed by atoms with Crippen LogP contribution in [0, 0.1) is 10.1 Å². The molecule has 1 aromatic carbocycles. The number of carboxylic acids is 1. The van der Waals surface area contributed by atoms with Gasteiger partial charge in [-0.2, -0.15) is 4.98 Å². The molecule has 2 rings (SSSR count). The lowest BCUT2D eigenvalue weighted by molar-refractivity contribution is -0.384. The Balaban J connectivity index is 2.19. The molecule has 0 saturated carbocycles. The Bertz CT molecular complexity index is 593. The second-order valence-corrected chi connectivity index (χ2v) is 3.79. The first-order valence-corrected chi connectivity index (χ1v) is 5.59. The smallest absolute Gasteiger partial charge is 0.338 e. The summed E-state index contributed by atoms with van der Waals surface area (Å²) in [5, 5.41) is 26.3. The van der Waals surface area contributed by atoms with E-state index in [9.17, 15) is 14.9 Å². The largest absolute Gasteiger partial charge is 0.478 e. The van der Waals surface area contributed by atoms with E-state index in [1.165, 1.54) is 24.6 Å². The minimum Gasteiger partial charge on any atom is -0.478 e.